The Morgan fingerprint density at radius 1 is 1.47 bits per heavy atom. The van der Waals surface area contributed by atoms with Gasteiger partial charge in [0.1, 0.15) is 6.54 Å². The number of nitrogens with one attached hydrogen (secondary N) is 1. The average Bonchev–Trinajstić information content (AvgIpc) is 2.65. The maximum atomic E-state index is 12.4. The van der Waals surface area contributed by atoms with Gasteiger partial charge in [-0.15, -0.1) is 0 Å². The zero-order valence-electron chi connectivity index (χ0n) is 10.2. The van der Waals surface area contributed by atoms with E-state index in [1.54, 1.807) is 0 Å². The van der Waals surface area contributed by atoms with Crippen molar-refractivity contribution in [3.8, 4) is 0 Å². The number of halogens is 3. The maximum absolute atomic E-state index is 12.4. The van der Waals surface area contributed by atoms with Crippen LogP contribution < -0.4 is 5.32 Å². The molecule has 100 valence electrons. The fourth-order valence-corrected chi connectivity index (χ4v) is 2.01. The summed E-state index contributed by atoms with van der Waals surface area (Å²) in [5.41, 5.74) is 0. The minimum absolute atomic E-state index is 0.0377. The Bertz CT molecular complexity index is 260. The van der Waals surface area contributed by atoms with E-state index < -0.39 is 12.7 Å². The number of hydrogen-bond acceptors (Lipinski definition) is 2. The SMILES string of the molecule is CC(C)CN(CC(F)(F)F)C(=O)C1CCNC1. The van der Waals surface area contributed by atoms with Crippen LogP contribution in [-0.4, -0.2) is 43.2 Å². The molecule has 3 nitrogen and oxygen atoms in total. The van der Waals surface area contributed by atoms with Gasteiger partial charge in [-0.05, 0) is 18.9 Å². The number of alkyl halides is 3. The molecule has 1 heterocycles. The highest BCUT2D eigenvalue weighted by atomic mass is 19.4. The predicted octanol–water partition coefficient (Wildman–Crippen LogP) is 1.64. The molecule has 0 aliphatic carbocycles. The Morgan fingerprint density at radius 2 is 2.12 bits per heavy atom. The van der Waals surface area contributed by atoms with E-state index in [1.807, 2.05) is 13.8 Å². The van der Waals surface area contributed by atoms with Crippen LogP contribution in [0.4, 0.5) is 13.2 Å². The van der Waals surface area contributed by atoms with E-state index in [0.717, 1.165) is 4.90 Å². The van der Waals surface area contributed by atoms with Crippen LogP contribution in [0.3, 0.4) is 0 Å². The Labute approximate surface area is 99.4 Å². The summed E-state index contributed by atoms with van der Waals surface area (Å²) in [5, 5.41) is 3.00. The van der Waals surface area contributed by atoms with Crippen molar-refractivity contribution in [3.05, 3.63) is 0 Å². The van der Waals surface area contributed by atoms with Crippen LogP contribution in [0, 0.1) is 11.8 Å². The summed E-state index contributed by atoms with van der Waals surface area (Å²) in [4.78, 5) is 12.9. The first-order valence-corrected chi connectivity index (χ1v) is 5.86. The number of carbonyl (C=O) groups is 1. The number of hydrogen-bond donors (Lipinski definition) is 1. The Morgan fingerprint density at radius 3 is 2.53 bits per heavy atom. The second-order valence-corrected chi connectivity index (χ2v) is 4.92. The van der Waals surface area contributed by atoms with Crippen molar-refractivity contribution in [2.24, 2.45) is 11.8 Å². The lowest BCUT2D eigenvalue weighted by Crippen LogP contribution is -2.44. The molecule has 17 heavy (non-hydrogen) atoms. The van der Waals surface area contributed by atoms with Crippen molar-refractivity contribution in [1.82, 2.24) is 10.2 Å². The van der Waals surface area contributed by atoms with Crippen LogP contribution in [-0.2, 0) is 4.79 Å². The highest BCUT2D eigenvalue weighted by molar-refractivity contribution is 5.79. The first-order valence-electron chi connectivity index (χ1n) is 5.86. The van der Waals surface area contributed by atoms with Gasteiger partial charge in [-0.2, -0.15) is 13.2 Å². The van der Waals surface area contributed by atoms with Crippen LogP contribution in [0.1, 0.15) is 20.3 Å². The van der Waals surface area contributed by atoms with Crippen molar-refractivity contribution >= 4 is 5.91 Å². The van der Waals surface area contributed by atoms with Gasteiger partial charge < -0.3 is 10.2 Å². The van der Waals surface area contributed by atoms with Gasteiger partial charge in [0.15, 0.2) is 0 Å². The number of nitrogens with zero attached hydrogens (tertiary/aromatic N) is 1. The average molecular weight is 252 g/mol. The van der Waals surface area contributed by atoms with Gasteiger partial charge in [-0.25, -0.2) is 0 Å². The molecule has 0 aromatic rings. The van der Waals surface area contributed by atoms with Crippen LogP contribution in [0.2, 0.25) is 0 Å². The summed E-state index contributed by atoms with van der Waals surface area (Å²) < 4.78 is 37.2. The molecule has 0 spiro atoms. The van der Waals surface area contributed by atoms with Crippen LogP contribution in [0.25, 0.3) is 0 Å². The lowest BCUT2D eigenvalue weighted by atomic mass is 10.1. The number of carbonyl (C=O) groups excluding carboxylic acids is 1. The summed E-state index contributed by atoms with van der Waals surface area (Å²) in [5.74, 6) is -0.632. The smallest absolute Gasteiger partial charge is 0.333 e. The Hall–Kier alpha value is -0.780. The zero-order valence-corrected chi connectivity index (χ0v) is 10.2. The van der Waals surface area contributed by atoms with E-state index >= 15 is 0 Å². The van der Waals surface area contributed by atoms with Gasteiger partial charge in [-0.1, -0.05) is 13.8 Å². The van der Waals surface area contributed by atoms with Gasteiger partial charge >= 0.3 is 6.18 Å². The van der Waals surface area contributed by atoms with Gasteiger partial charge in [0.05, 0.1) is 5.92 Å². The summed E-state index contributed by atoms with van der Waals surface area (Å²) in [6, 6.07) is 0. The Balaban J connectivity index is 2.63. The van der Waals surface area contributed by atoms with E-state index in [4.69, 9.17) is 0 Å². The molecule has 1 saturated heterocycles. The first-order chi connectivity index (χ1) is 7.79. The molecular weight excluding hydrogens is 233 g/mol. The van der Waals surface area contributed by atoms with E-state index in [-0.39, 0.29) is 24.3 Å². The summed E-state index contributed by atoms with van der Waals surface area (Å²) in [6.45, 7) is 3.84. The second kappa shape index (κ2) is 5.71. The summed E-state index contributed by atoms with van der Waals surface area (Å²) in [7, 11) is 0. The van der Waals surface area contributed by atoms with Crippen LogP contribution in [0.15, 0.2) is 0 Å². The third-order valence-electron chi connectivity index (χ3n) is 2.68. The third kappa shape index (κ3) is 4.93. The van der Waals surface area contributed by atoms with Crippen molar-refractivity contribution in [1.29, 1.82) is 0 Å². The highest BCUT2D eigenvalue weighted by Crippen LogP contribution is 2.20. The number of rotatable bonds is 4. The largest absolute Gasteiger partial charge is 0.406 e. The van der Waals surface area contributed by atoms with Gasteiger partial charge in [0.25, 0.3) is 0 Å². The van der Waals surface area contributed by atoms with E-state index in [9.17, 15) is 18.0 Å². The molecule has 1 unspecified atom stereocenters. The molecule has 1 amide bonds. The van der Waals surface area contributed by atoms with Crippen LogP contribution in [0.5, 0.6) is 0 Å². The fourth-order valence-electron chi connectivity index (χ4n) is 2.01. The van der Waals surface area contributed by atoms with Gasteiger partial charge in [-0.3, -0.25) is 4.79 Å². The summed E-state index contributed by atoms with van der Waals surface area (Å²) in [6.07, 6.45) is -3.69. The normalized spacial score (nSPS) is 20.9. The Kier molecular flexibility index (Phi) is 4.80. The molecule has 0 aromatic carbocycles. The second-order valence-electron chi connectivity index (χ2n) is 4.92. The first kappa shape index (κ1) is 14.3. The molecule has 1 fully saturated rings. The van der Waals surface area contributed by atoms with Gasteiger partial charge in [0.2, 0.25) is 5.91 Å². The molecular formula is C11H19F3N2O. The minimum atomic E-state index is -4.32. The standard InChI is InChI=1S/C11H19F3N2O/c1-8(2)6-16(7-11(12,13)14)10(17)9-3-4-15-5-9/h8-9,15H,3-7H2,1-2H3. The van der Waals surface area contributed by atoms with Crippen molar-refractivity contribution in [3.63, 3.8) is 0 Å². The molecule has 1 N–H and O–H groups in total. The van der Waals surface area contributed by atoms with Gasteiger partial charge in [0, 0.05) is 13.1 Å². The molecule has 0 radical (unpaired) electrons. The summed E-state index contributed by atoms with van der Waals surface area (Å²) >= 11 is 0. The van der Waals surface area contributed by atoms with Crippen LogP contribution >= 0.6 is 0 Å². The molecule has 0 bridgehead atoms. The van der Waals surface area contributed by atoms with E-state index in [0.29, 0.717) is 19.5 Å². The molecule has 0 saturated carbocycles. The molecule has 1 aliphatic rings. The monoisotopic (exact) mass is 252 g/mol. The lowest BCUT2D eigenvalue weighted by Gasteiger charge is -2.27. The fraction of sp³-hybridized carbons (Fsp3) is 0.909. The molecule has 1 rings (SSSR count). The van der Waals surface area contributed by atoms with Crippen molar-refractivity contribution in [2.45, 2.75) is 26.4 Å². The van der Waals surface area contributed by atoms with E-state index in [2.05, 4.69) is 5.32 Å². The number of amides is 1. The predicted molar refractivity (Wildman–Crippen MR) is 58.4 cm³/mol. The topological polar surface area (TPSA) is 32.3 Å². The lowest BCUT2D eigenvalue weighted by molar-refractivity contribution is -0.164. The van der Waals surface area contributed by atoms with E-state index in [1.165, 1.54) is 0 Å². The quantitative estimate of drug-likeness (QED) is 0.825. The third-order valence-corrected chi connectivity index (χ3v) is 2.68. The molecule has 1 aliphatic heterocycles. The maximum Gasteiger partial charge on any atom is 0.406 e. The highest BCUT2D eigenvalue weighted by Gasteiger charge is 2.36. The van der Waals surface area contributed by atoms with Crippen molar-refractivity contribution in [2.75, 3.05) is 26.2 Å². The molecule has 1 atom stereocenters. The van der Waals surface area contributed by atoms with Crippen molar-refractivity contribution < 1.29 is 18.0 Å². The molecule has 0 aromatic heterocycles. The minimum Gasteiger partial charge on any atom is -0.333 e. The molecule has 6 heteroatoms. The zero-order chi connectivity index (χ0) is 13.1.